The highest BCUT2D eigenvalue weighted by molar-refractivity contribution is 7.98. The summed E-state index contributed by atoms with van der Waals surface area (Å²) in [4.78, 5) is 0. The zero-order chi connectivity index (χ0) is 20.2. The van der Waals surface area contributed by atoms with Crippen molar-refractivity contribution in [1.29, 1.82) is 0 Å². The van der Waals surface area contributed by atoms with E-state index in [4.69, 9.17) is 34.8 Å². The first-order valence-corrected chi connectivity index (χ1v) is 11.0. The third-order valence-electron chi connectivity index (χ3n) is 4.39. The number of halogens is 3. The molecule has 1 heterocycles. The molecule has 0 spiro atoms. The van der Waals surface area contributed by atoms with Gasteiger partial charge in [0.05, 0.1) is 11.6 Å². The second-order valence-electron chi connectivity index (χ2n) is 6.38. The zero-order valence-electron chi connectivity index (χ0n) is 15.2. The van der Waals surface area contributed by atoms with Gasteiger partial charge in [0.1, 0.15) is 0 Å². The molecule has 0 saturated heterocycles. The van der Waals surface area contributed by atoms with Crippen LogP contribution in [0.5, 0.6) is 0 Å². The van der Waals surface area contributed by atoms with E-state index in [2.05, 4.69) is 26.9 Å². The van der Waals surface area contributed by atoms with Gasteiger partial charge in [-0.3, -0.25) is 4.57 Å². The molecule has 29 heavy (non-hydrogen) atoms. The standard InChI is InChI=1S/C22H16Cl3N3S/c23-17-11-10-16(20(25)12-17)14-29-22-27-26-21(18-8-4-5-9-19(18)24)28(22)13-15-6-2-1-3-7-15/h1-12H,13-14H2. The smallest absolute Gasteiger partial charge is 0.192 e. The van der Waals surface area contributed by atoms with E-state index >= 15 is 0 Å². The molecule has 0 radical (unpaired) electrons. The van der Waals surface area contributed by atoms with Crippen molar-refractivity contribution in [2.24, 2.45) is 0 Å². The molecule has 4 rings (SSSR count). The fraction of sp³-hybridized carbons (Fsp3) is 0.0909. The van der Waals surface area contributed by atoms with Gasteiger partial charge in [0, 0.05) is 21.4 Å². The van der Waals surface area contributed by atoms with Crippen molar-refractivity contribution in [2.45, 2.75) is 17.5 Å². The fourth-order valence-electron chi connectivity index (χ4n) is 2.93. The molecule has 0 atom stereocenters. The molecular weight excluding hydrogens is 445 g/mol. The number of nitrogens with zero attached hydrogens (tertiary/aromatic N) is 3. The summed E-state index contributed by atoms with van der Waals surface area (Å²) in [6, 6.07) is 23.4. The lowest BCUT2D eigenvalue weighted by atomic mass is 10.2. The van der Waals surface area contributed by atoms with Gasteiger partial charge in [-0.15, -0.1) is 10.2 Å². The molecule has 0 amide bonds. The number of rotatable bonds is 6. The first-order valence-electron chi connectivity index (χ1n) is 8.90. The second-order valence-corrected chi connectivity index (χ2v) is 8.58. The molecular formula is C22H16Cl3N3S. The molecule has 0 aliphatic carbocycles. The van der Waals surface area contributed by atoms with Crippen LogP contribution in [0.4, 0.5) is 0 Å². The van der Waals surface area contributed by atoms with Gasteiger partial charge in [-0.1, -0.05) is 95.1 Å². The molecule has 0 unspecified atom stereocenters. The summed E-state index contributed by atoms with van der Waals surface area (Å²) < 4.78 is 2.09. The Morgan fingerprint density at radius 2 is 1.55 bits per heavy atom. The van der Waals surface area contributed by atoms with Gasteiger partial charge in [0.15, 0.2) is 11.0 Å². The summed E-state index contributed by atoms with van der Waals surface area (Å²) in [6.45, 7) is 0.644. The Labute approximate surface area is 188 Å². The minimum absolute atomic E-state index is 0.622. The van der Waals surface area contributed by atoms with E-state index in [-0.39, 0.29) is 0 Å². The summed E-state index contributed by atoms with van der Waals surface area (Å²) in [6.07, 6.45) is 0. The number of hydrogen-bond donors (Lipinski definition) is 0. The average molecular weight is 461 g/mol. The van der Waals surface area contributed by atoms with E-state index in [0.717, 1.165) is 27.7 Å². The Balaban J connectivity index is 1.68. The molecule has 3 aromatic carbocycles. The Morgan fingerprint density at radius 3 is 2.31 bits per heavy atom. The highest BCUT2D eigenvalue weighted by Gasteiger charge is 2.17. The quantitative estimate of drug-likeness (QED) is 0.284. The minimum atomic E-state index is 0.622. The van der Waals surface area contributed by atoms with E-state index in [0.29, 0.717) is 27.4 Å². The van der Waals surface area contributed by atoms with E-state index < -0.39 is 0 Å². The normalized spacial score (nSPS) is 11.0. The maximum absolute atomic E-state index is 6.43. The second kappa shape index (κ2) is 9.23. The molecule has 146 valence electrons. The Hall–Kier alpha value is -1.98. The van der Waals surface area contributed by atoms with Gasteiger partial charge in [-0.25, -0.2) is 0 Å². The van der Waals surface area contributed by atoms with Crippen LogP contribution in [0.2, 0.25) is 15.1 Å². The molecule has 0 bridgehead atoms. The van der Waals surface area contributed by atoms with Crippen molar-refractivity contribution in [1.82, 2.24) is 14.8 Å². The van der Waals surface area contributed by atoms with Crippen molar-refractivity contribution >= 4 is 46.6 Å². The monoisotopic (exact) mass is 459 g/mol. The summed E-state index contributed by atoms with van der Waals surface area (Å²) in [5.41, 5.74) is 3.01. The third kappa shape index (κ3) is 4.78. The average Bonchev–Trinajstić information content (AvgIpc) is 3.11. The number of thioether (sulfide) groups is 1. The van der Waals surface area contributed by atoms with Crippen molar-refractivity contribution in [3.63, 3.8) is 0 Å². The molecule has 0 aliphatic heterocycles. The Kier molecular flexibility index (Phi) is 6.46. The van der Waals surface area contributed by atoms with Gasteiger partial charge in [0.25, 0.3) is 0 Å². The predicted octanol–water partition coefficient (Wildman–Crippen LogP) is 7.25. The van der Waals surface area contributed by atoms with E-state index in [1.54, 1.807) is 17.8 Å². The first kappa shape index (κ1) is 20.3. The lowest BCUT2D eigenvalue weighted by Gasteiger charge is -2.12. The highest BCUT2D eigenvalue weighted by atomic mass is 35.5. The van der Waals surface area contributed by atoms with Crippen molar-refractivity contribution < 1.29 is 0 Å². The maximum Gasteiger partial charge on any atom is 0.192 e. The van der Waals surface area contributed by atoms with Crippen LogP contribution >= 0.6 is 46.6 Å². The molecule has 0 N–H and O–H groups in total. The van der Waals surface area contributed by atoms with Crippen molar-refractivity contribution in [3.05, 3.63) is 99.0 Å². The molecule has 4 aromatic rings. The number of hydrogen-bond acceptors (Lipinski definition) is 3. The van der Waals surface area contributed by atoms with Crippen LogP contribution < -0.4 is 0 Å². The summed E-state index contributed by atoms with van der Waals surface area (Å²) in [5, 5.41) is 11.6. The van der Waals surface area contributed by atoms with Crippen molar-refractivity contribution in [2.75, 3.05) is 0 Å². The summed E-state index contributed by atoms with van der Waals surface area (Å²) >= 11 is 20.3. The van der Waals surface area contributed by atoms with Crippen LogP contribution in [0.25, 0.3) is 11.4 Å². The largest absolute Gasteiger partial charge is 0.297 e. The molecule has 3 nitrogen and oxygen atoms in total. The van der Waals surface area contributed by atoms with Crippen LogP contribution in [-0.4, -0.2) is 14.8 Å². The topological polar surface area (TPSA) is 30.7 Å². The third-order valence-corrected chi connectivity index (χ3v) is 6.32. The van der Waals surface area contributed by atoms with Crippen molar-refractivity contribution in [3.8, 4) is 11.4 Å². The predicted molar refractivity (Wildman–Crippen MR) is 122 cm³/mol. The summed E-state index contributed by atoms with van der Waals surface area (Å²) in [7, 11) is 0. The Bertz CT molecular complexity index is 1130. The highest BCUT2D eigenvalue weighted by Crippen LogP contribution is 2.32. The lowest BCUT2D eigenvalue weighted by Crippen LogP contribution is -2.04. The van der Waals surface area contributed by atoms with Gasteiger partial charge in [-0.05, 0) is 35.4 Å². The van der Waals surface area contributed by atoms with E-state index in [9.17, 15) is 0 Å². The molecule has 0 saturated carbocycles. The van der Waals surface area contributed by atoms with Crippen LogP contribution in [-0.2, 0) is 12.3 Å². The lowest BCUT2D eigenvalue weighted by molar-refractivity contribution is 0.714. The molecule has 1 aromatic heterocycles. The van der Waals surface area contributed by atoms with Crippen LogP contribution in [0.1, 0.15) is 11.1 Å². The van der Waals surface area contributed by atoms with Gasteiger partial charge in [0.2, 0.25) is 0 Å². The number of aromatic nitrogens is 3. The molecule has 7 heteroatoms. The maximum atomic E-state index is 6.43. The van der Waals surface area contributed by atoms with Crippen LogP contribution in [0.15, 0.2) is 78.0 Å². The molecule has 0 fully saturated rings. The van der Waals surface area contributed by atoms with Crippen LogP contribution in [0, 0.1) is 0 Å². The number of benzene rings is 3. The molecule has 0 aliphatic rings. The first-order chi connectivity index (χ1) is 14.1. The fourth-order valence-corrected chi connectivity index (χ4v) is 4.64. The van der Waals surface area contributed by atoms with E-state index in [1.165, 1.54) is 0 Å². The van der Waals surface area contributed by atoms with E-state index in [1.807, 2.05) is 54.6 Å². The summed E-state index contributed by atoms with van der Waals surface area (Å²) in [5.74, 6) is 1.40. The van der Waals surface area contributed by atoms with Gasteiger partial charge >= 0.3 is 0 Å². The van der Waals surface area contributed by atoms with Gasteiger partial charge < -0.3 is 0 Å². The zero-order valence-corrected chi connectivity index (χ0v) is 18.3. The van der Waals surface area contributed by atoms with Crippen LogP contribution in [0.3, 0.4) is 0 Å². The Morgan fingerprint density at radius 1 is 0.793 bits per heavy atom. The SMILES string of the molecule is Clc1ccc(CSc2nnc(-c3ccccc3Cl)n2Cc2ccccc2)c(Cl)c1. The van der Waals surface area contributed by atoms with Gasteiger partial charge in [-0.2, -0.15) is 0 Å². The minimum Gasteiger partial charge on any atom is -0.297 e.